The summed E-state index contributed by atoms with van der Waals surface area (Å²) in [4.78, 5) is 29.8. The summed E-state index contributed by atoms with van der Waals surface area (Å²) >= 11 is 0. The molecule has 0 N–H and O–H groups in total. The topological polar surface area (TPSA) is 60.4 Å². The van der Waals surface area contributed by atoms with Gasteiger partial charge in [-0.05, 0) is 0 Å². The van der Waals surface area contributed by atoms with Crippen LogP contribution in [-0.4, -0.2) is 24.6 Å². The summed E-state index contributed by atoms with van der Waals surface area (Å²) < 4.78 is 4.01. The third-order valence-electron chi connectivity index (χ3n) is 0.675. The Balaban J connectivity index is 3.51. The van der Waals surface area contributed by atoms with E-state index in [-0.39, 0.29) is 6.47 Å². The van der Waals surface area contributed by atoms with Gasteiger partial charge in [-0.3, -0.25) is 14.4 Å². The molecule has 0 amide bonds. The van der Waals surface area contributed by atoms with Gasteiger partial charge in [-0.25, -0.2) is 0 Å². The fraction of sp³-hybridized carbons (Fsp3) is 0.400. The Hall–Kier alpha value is -1.19. The van der Waals surface area contributed by atoms with E-state index < -0.39 is 18.2 Å². The summed E-state index contributed by atoms with van der Waals surface area (Å²) in [6.45, 7) is 0.802. The molecule has 0 saturated heterocycles. The number of hydrogen-bond donors (Lipinski definition) is 0. The van der Waals surface area contributed by atoms with Crippen molar-refractivity contribution in [2.24, 2.45) is 0 Å². The van der Waals surface area contributed by atoms with Gasteiger partial charge in [0.1, 0.15) is 0 Å². The molecular formula is C5H6O4. The number of rotatable bonds is 4. The zero-order chi connectivity index (χ0) is 7.28. The molecule has 0 unspecified atom stereocenters. The van der Waals surface area contributed by atoms with Crippen molar-refractivity contribution in [3.8, 4) is 0 Å². The third kappa shape index (κ3) is 3.40. The Morgan fingerprint density at radius 3 is 2.44 bits per heavy atom. The van der Waals surface area contributed by atoms with E-state index in [1.807, 2.05) is 0 Å². The molecule has 0 aliphatic rings. The highest BCUT2D eigenvalue weighted by molar-refractivity contribution is 6.36. The van der Waals surface area contributed by atoms with E-state index in [1.165, 1.54) is 0 Å². The van der Waals surface area contributed by atoms with Crippen LogP contribution in [0.25, 0.3) is 0 Å². The summed E-state index contributed by atoms with van der Waals surface area (Å²) in [6.07, 6.45) is 0. The highest BCUT2D eigenvalue weighted by atomic mass is 16.5. The van der Waals surface area contributed by atoms with E-state index in [4.69, 9.17) is 0 Å². The number of ether oxygens (including phenoxy) is 1. The first kappa shape index (κ1) is 7.81. The Labute approximate surface area is 51.8 Å². The van der Waals surface area contributed by atoms with Gasteiger partial charge in [-0.2, -0.15) is 0 Å². The molecule has 4 nitrogen and oxygen atoms in total. The van der Waals surface area contributed by atoms with E-state index in [2.05, 4.69) is 4.74 Å². The summed E-state index contributed by atoms with van der Waals surface area (Å²) in [5.74, 6) is -1.29. The molecule has 0 aromatic heterocycles. The Kier molecular flexibility index (Phi) is 3.27. The Morgan fingerprint density at radius 2 is 2.11 bits per heavy atom. The van der Waals surface area contributed by atoms with Gasteiger partial charge in [0.05, 0.1) is 0 Å². The number of carbonyl (C=O) groups is 3. The van der Waals surface area contributed by atoms with Gasteiger partial charge in [-0.15, -0.1) is 0 Å². The average Bonchev–Trinajstić information content (AvgIpc) is 1.82. The molecule has 0 aliphatic heterocycles. The lowest BCUT2D eigenvalue weighted by atomic mass is 10.3. The molecule has 0 radical (unpaired) electrons. The average molecular weight is 130 g/mol. The molecule has 0 rings (SSSR count). The quantitative estimate of drug-likeness (QED) is 0.373. The lowest BCUT2D eigenvalue weighted by Gasteiger charge is -1.90. The molecule has 0 bridgehead atoms. The monoisotopic (exact) mass is 130 g/mol. The first-order valence-corrected chi connectivity index (χ1v) is 2.27. The van der Waals surface area contributed by atoms with Gasteiger partial charge in [0.2, 0.25) is 5.78 Å². The Bertz CT molecular complexity index is 138. The van der Waals surface area contributed by atoms with Crippen LogP contribution >= 0.6 is 0 Å². The van der Waals surface area contributed by atoms with Crippen molar-refractivity contribution in [3.63, 3.8) is 0 Å². The summed E-state index contributed by atoms with van der Waals surface area (Å²) in [7, 11) is 0. The summed E-state index contributed by atoms with van der Waals surface area (Å²) in [5.41, 5.74) is 0. The van der Waals surface area contributed by atoms with Gasteiger partial charge in [0.15, 0.2) is 12.4 Å². The molecule has 0 atom stereocenters. The molecule has 0 aliphatic carbocycles. The second kappa shape index (κ2) is 3.77. The Morgan fingerprint density at radius 1 is 1.56 bits per heavy atom. The van der Waals surface area contributed by atoms with E-state index in [9.17, 15) is 14.4 Å². The van der Waals surface area contributed by atoms with Crippen molar-refractivity contribution in [2.45, 2.75) is 6.92 Å². The standard InChI is InChI=1S/C5H6O4/c1-4(7)5(8)2-9-3-6/h3H,2H2,1H3. The van der Waals surface area contributed by atoms with Crippen LogP contribution < -0.4 is 0 Å². The molecule has 0 aromatic carbocycles. The van der Waals surface area contributed by atoms with Gasteiger partial charge >= 0.3 is 0 Å². The third-order valence-corrected chi connectivity index (χ3v) is 0.675. The predicted octanol–water partition coefficient (Wildman–Crippen LogP) is -0.683. The van der Waals surface area contributed by atoms with Crippen LogP contribution in [0.4, 0.5) is 0 Å². The molecular weight excluding hydrogens is 124 g/mol. The number of ketones is 2. The van der Waals surface area contributed by atoms with Gasteiger partial charge < -0.3 is 4.74 Å². The van der Waals surface area contributed by atoms with Gasteiger partial charge in [0.25, 0.3) is 6.47 Å². The fourth-order valence-electron chi connectivity index (χ4n) is 0.211. The minimum absolute atomic E-state index is 0.126. The molecule has 0 heterocycles. The van der Waals surface area contributed by atoms with Gasteiger partial charge in [-0.1, -0.05) is 0 Å². The predicted molar refractivity (Wildman–Crippen MR) is 27.7 cm³/mol. The zero-order valence-electron chi connectivity index (χ0n) is 4.92. The van der Waals surface area contributed by atoms with E-state index in [0.29, 0.717) is 0 Å². The highest BCUT2D eigenvalue weighted by Crippen LogP contribution is 1.75. The molecule has 50 valence electrons. The molecule has 4 heteroatoms. The largest absolute Gasteiger partial charge is 0.459 e. The van der Waals surface area contributed by atoms with Crippen LogP contribution in [-0.2, 0) is 19.1 Å². The van der Waals surface area contributed by atoms with Crippen LogP contribution in [0, 0.1) is 0 Å². The first-order chi connectivity index (χ1) is 4.18. The van der Waals surface area contributed by atoms with Crippen molar-refractivity contribution in [2.75, 3.05) is 6.61 Å². The molecule has 0 aromatic rings. The summed E-state index contributed by atoms with van der Waals surface area (Å²) in [6, 6.07) is 0. The van der Waals surface area contributed by atoms with Crippen LogP contribution in [0.15, 0.2) is 0 Å². The molecule has 9 heavy (non-hydrogen) atoms. The lowest BCUT2D eigenvalue weighted by Crippen LogP contribution is -2.15. The van der Waals surface area contributed by atoms with Gasteiger partial charge in [0, 0.05) is 6.92 Å². The molecule has 0 saturated carbocycles. The second-order valence-electron chi connectivity index (χ2n) is 1.39. The molecule has 0 fully saturated rings. The maximum atomic E-state index is 10.3. The minimum Gasteiger partial charge on any atom is -0.459 e. The SMILES string of the molecule is CC(=O)C(=O)COC=O. The number of hydrogen-bond acceptors (Lipinski definition) is 4. The molecule has 0 spiro atoms. The highest BCUT2D eigenvalue weighted by Gasteiger charge is 2.06. The number of carbonyl (C=O) groups excluding carboxylic acids is 3. The second-order valence-corrected chi connectivity index (χ2v) is 1.39. The van der Waals surface area contributed by atoms with E-state index in [0.717, 1.165) is 6.92 Å². The summed E-state index contributed by atoms with van der Waals surface area (Å²) in [5, 5.41) is 0. The maximum Gasteiger partial charge on any atom is 0.293 e. The first-order valence-electron chi connectivity index (χ1n) is 2.27. The normalized spacial score (nSPS) is 8.11. The number of Topliss-reactive ketones (excluding diaryl/α,β-unsaturated/α-hetero) is 2. The lowest BCUT2D eigenvalue weighted by molar-refractivity contribution is -0.142. The van der Waals surface area contributed by atoms with Crippen LogP contribution in [0.2, 0.25) is 0 Å². The van der Waals surface area contributed by atoms with E-state index >= 15 is 0 Å². The smallest absolute Gasteiger partial charge is 0.293 e. The van der Waals surface area contributed by atoms with Crippen molar-refractivity contribution < 1.29 is 19.1 Å². The maximum absolute atomic E-state index is 10.3. The van der Waals surface area contributed by atoms with Crippen LogP contribution in [0.5, 0.6) is 0 Å². The minimum atomic E-state index is -0.692. The van der Waals surface area contributed by atoms with Crippen molar-refractivity contribution in [1.29, 1.82) is 0 Å². The van der Waals surface area contributed by atoms with Crippen molar-refractivity contribution in [1.82, 2.24) is 0 Å². The van der Waals surface area contributed by atoms with Crippen LogP contribution in [0.3, 0.4) is 0 Å². The fourth-order valence-corrected chi connectivity index (χ4v) is 0.211. The van der Waals surface area contributed by atoms with Crippen molar-refractivity contribution >= 4 is 18.0 Å². The zero-order valence-corrected chi connectivity index (χ0v) is 4.92. The van der Waals surface area contributed by atoms with Crippen LogP contribution in [0.1, 0.15) is 6.92 Å². The van der Waals surface area contributed by atoms with Crippen molar-refractivity contribution in [3.05, 3.63) is 0 Å². The van der Waals surface area contributed by atoms with E-state index in [1.54, 1.807) is 0 Å².